The summed E-state index contributed by atoms with van der Waals surface area (Å²) in [6.45, 7) is 4.13. The summed E-state index contributed by atoms with van der Waals surface area (Å²) in [6, 6.07) is 7.14. The van der Waals surface area contributed by atoms with E-state index in [-0.39, 0.29) is 11.1 Å². The van der Waals surface area contributed by atoms with Crippen LogP contribution in [0.25, 0.3) is 5.65 Å². The first-order valence-electron chi connectivity index (χ1n) is 8.86. The third kappa shape index (κ3) is 3.12. The van der Waals surface area contributed by atoms with Crippen LogP contribution >= 0.6 is 0 Å². The van der Waals surface area contributed by atoms with Crippen LogP contribution in [0.2, 0.25) is 0 Å². The Morgan fingerprint density at radius 1 is 1.19 bits per heavy atom. The van der Waals surface area contributed by atoms with Crippen molar-refractivity contribution in [2.45, 2.75) is 26.3 Å². The molecule has 1 aliphatic heterocycles. The zero-order chi connectivity index (χ0) is 18.1. The van der Waals surface area contributed by atoms with Crippen molar-refractivity contribution in [1.82, 2.24) is 18.9 Å². The van der Waals surface area contributed by atoms with Gasteiger partial charge in [0.25, 0.3) is 11.1 Å². The van der Waals surface area contributed by atoms with Gasteiger partial charge in [-0.2, -0.15) is 0 Å². The van der Waals surface area contributed by atoms with E-state index in [1.807, 2.05) is 18.2 Å². The van der Waals surface area contributed by atoms with Crippen molar-refractivity contribution in [1.29, 1.82) is 0 Å². The fraction of sp³-hybridized carbons (Fsp3) is 0.368. The molecule has 7 nitrogen and oxygen atoms in total. The van der Waals surface area contributed by atoms with Crippen molar-refractivity contribution >= 4 is 11.5 Å². The molecule has 0 N–H and O–H groups in total. The van der Waals surface area contributed by atoms with E-state index in [0.717, 1.165) is 31.7 Å². The first-order valence-corrected chi connectivity index (χ1v) is 8.86. The van der Waals surface area contributed by atoms with E-state index in [1.54, 1.807) is 40.7 Å². The molecule has 1 saturated heterocycles. The van der Waals surface area contributed by atoms with Crippen LogP contribution in [0.1, 0.15) is 18.4 Å². The van der Waals surface area contributed by atoms with Gasteiger partial charge in [0, 0.05) is 43.7 Å². The van der Waals surface area contributed by atoms with Crippen LogP contribution in [0.15, 0.2) is 52.6 Å². The highest BCUT2D eigenvalue weighted by molar-refractivity contribution is 5.48. The molecule has 26 heavy (non-hydrogen) atoms. The zero-order valence-electron chi connectivity index (χ0n) is 14.7. The van der Waals surface area contributed by atoms with Crippen LogP contribution in [-0.2, 0) is 6.54 Å². The summed E-state index contributed by atoms with van der Waals surface area (Å²) in [5.41, 5.74) is 1.30. The van der Waals surface area contributed by atoms with E-state index < -0.39 is 0 Å². The maximum absolute atomic E-state index is 12.3. The summed E-state index contributed by atoms with van der Waals surface area (Å²) in [5, 5.41) is 0. The van der Waals surface area contributed by atoms with Gasteiger partial charge < -0.3 is 4.90 Å². The Kier molecular flexibility index (Phi) is 4.28. The van der Waals surface area contributed by atoms with Gasteiger partial charge in [-0.05, 0) is 37.8 Å². The number of pyridine rings is 1. The lowest BCUT2D eigenvalue weighted by Gasteiger charge is -2.33. The molecule has 4 rings (SSSR count). The van der Waals surface area contributed by atoms with Crippen molar-refractivity contribution in [2.24, 2.45) is 5.92 Å². The SMILES string of the molecule is Cc1cncn(CC2CCN(c3cc(=O)n4ccccc4n3)CC2)c1=O. The van der Waals surface area contributed by atoms with Gasteiger partial charge in [-0.25, -0.2) is 9.97 Å². The first-order chi connectivity index (χ1) is 12.6. The van der Waals surface area contributed by atoms with Gasteiger partial charge in [-0.15, -0.1) is 0 Å². The summed E-state index contributed by atoms with van der Waals surface area (Å²) in [6.07, 6.45) is 6.86. The normalized spacial score (nSPS) is 15.5. The van der Waals surface area contributed by atoms with Gasteiger partial charge in [0.2, 0.25) is 0 Å². The summed E-state index contributed by atoms with van der Waals surface area (Å²) < 4.78 is 3.25. The molecule has 0 radical (unpaired) electrons. The third-order valence-electron chi connectivity index (χ3n) is 5.02. The second kappa shape index (κ2) is 6.74. The van der Waals surface area contributed by atoms with Crippen molar-refractivity contribution in [3.8, 4) is 0 Å². The molecule has 3 aromatic heterocycles. The smallest absolute Gasteiger partial charge is 0.259 e. The molecule has 7 heteroatoms. The highest BCUT2D eigenvalue weighted by Gasteiger charge is 2.21. The molecule has 0 atom stereocenters. The minimum atomic E-state index is -0.0647. The van der Waals surface area contributed by atoms with E-state index in [1.165, 1.54) is 0 Å². The molecular weight excluding hydrogens is 330 g/mol. The van der Waals surface area contributed by atoms with E-state index >= 15 is 0 Å². The zero-order valence-corrected chi connectivity index (χ0v) is 14.7. The van der Waals surface area contributed by atoms with Gasteiger partial charge in [-0.3, -0.25) is 18.6 Å². The van der Waals surface area contributed by atoms with E-state index in [9.17, 15) is 9.59 Å². The standard InChI is InChI=1S/C19H21N5O2/c1-14-11-20-13-23(19(14)26)12-15-5-8-22(9-6-15)17-10-18(25)24-7-3-2-4-16(24)21-17/h2-4,7,10-11,13,15H,5-6,8-9,12H2,1H3. The molecule has 0 spiro atoms. The Morgan fingerprint density at radius 2 is 2.00 bits per heavy atom. The fourth-order valence-electron chi connectivity index (χ4n) is 3.52. The largest absolute Gasteiger partial charge is 0.356 e. The number of piperidine rings is 1. The molecule has 1 fully saturated rings. The molecule has 0 bridgehead atoms. The Morgan fingerprint density at radius 3 is 2.81 bits per heavy atom. The van der Waals surface area contributed by atoms with Gasteiger partial charge in [0.15, 0.2) is 0 Å². The Labute approximate surface area is 150 Å². The highest BCUT2D eigenvalue weighted by Crippen LogP contribution is 2.22. The number of hydrogen-bond acceptors (Lipinski definition) is 5. The van der Waals surface area contributed by atoms with Crippen molar-refractivity contribution in [3.05, 3.63) is 69.3 Å². The number of rotatable bonds is 3. The molecule has 3 aromatic rings. The average molecular weight is 351 g/mol. The molecule has 134 valence electrons. The van der Waals surface area contributed by atoms with E-state index in [4.69, 9.17) is 0 Å². The quantitative estimate of drug-likeness (QED) is 0.715. The molecule has 1 aliphatic rings. The predicted octanol–water partition coefficient (Wildman–Crippen LogP) is 1.48. The topological polar surface area (TPSA) is 72.5 Å². The third-order valence-corrected chi connectivity index (χ3v) is 5.02. The summed E-state index contributed by atoms with van der Waals surface area (Å²) in [7, 11) is 0. The maximum atomic E-state index is 12.3. The predicted molar refractivity (Wildman–Crippen MR) is 99.6 cm³/mol. The second-order valence-electron chi connectivity index (χ2n) is 6.85. The minimum Gasteiger partial charge on any atom is -0.356 e. The maximum Gasteiger partial charge on any atom is 0.259 e. The van der Waals surface area contributed by atoms with Gasteiger partial charge in [0.1, 0.15) is 11.5 Å². The molecule has 0 aromatic carbocycles. The van der Waals surface area contributed by atoms with Crippen LogP contribution < -0.4 is 16.0 Å². The minimum absolute atomic E-state index is 0.0339. The van der Waals surface area contributed by atoms with Gasteiger partial charge in [-0.1, -0.05) is 6.07 Å². The number of anilines is 1. The molecule has 4 heterocycles. The summed E-state index contributed by atoms with van der Waals surface area (Å²) >= 11 is 0. The number of aryl methyl sites for hydroxylation is 1. The monoisotopic (exact) mass is 351 g/mol. The first kappa shape index (κ1) is 16.5. The number of aromatic nitrogens is 4. The van der Waals surface area contributed by atoms with Crippen LogP contribution in [-0.4, -0.2) is 32.0 Å². The molecular formula is C19H21N5O2. The number of nitrogens with zero attached hydrogens (tertiary/aromatic N) is 5. The number of fused-ring (bicyclic) bond motifs is 1. The number of hydrogen-bond donors (Lipinski definition) is 0. The highest BCUT2D eigenvalue weighted by atomic mass is 16.1. The van der Waals surface area contributed by atoms with Crippen LogP contribution in [0.3, 0.4) is 0 Å². The van der Waals surface area contributed by atoms with E-state index in [0.29, 0.717) is 23.7 Å². The fourth-order valence-corrected chi connectivity index (χ4v) is 3.52. The van der Waals surface area contributed by atoms with Crippen molar-refractivity contribution in [3.63, 3.8) is 0 Å². The van der Waals surface area contributed by atoms with Crippen molar-refractivity contribution < 1.29 is 0 Å². The Bertz CT molecular complexity index is 1050. The van der Waals surface area contributed by atoms with Gasteiger partial charge >= 0.3 is 0 Å². The lowest BCUT2D eigenvalue weighted by Crippen LogP contribution is -2.37. The molecule has 0 unspecified atom stereocenters. The summed E-state index contributed by atoms with van der Waals surface area (Å²) in [5.74, 6) is 1.16. The van der Waals surface area contributed by atoms with Gasteiger partial charge in [0.05, 0.1) is 6.33 Å². The Balaban J connectivity index is 1.48. The lowest BCUT2D eigenvalue weighted by molar-refractivity contribution is 0.349. The summed E-state index contributed by atoms with van der Waals surface area (Å²) in [4.78, 5) is 35.3. The second-order valence-corrected chi connectivity index (χ2v) is 6.85. The molecule has 0 amide bonds. The molecule has 0 saturated carbocycles. The molecule has 0 aliphatic carbocycles. The lowest BCUT2D eigenvalue weighted by atomic mass is 9.96. The van der Waals surface area contributed by atoms with Crippen LogP contribution in [0.5, 0.6) is 0 Å². The Hall–Kier alpha value is -2.96. The average Bonchev–Trinajstić information content (AvgIpc) is 2.66. The van der Waals surface area contributed by atoms with Crippen LogP contribution in [0.4, 0.5) is 5.82 Å². The van der Waals surface area contributed by atoms with Crippen molar-refractivity contribution in [2.75, 3.05) is 18.0 Å². The van der Waals surface area contributed by atoms with Crippen LogP contribution in [0, 0.1) is 12.8 Å². The van der Waals surface area contributed by atoms with E-state index in [2.05, 4.69) is 14.9 Å².